The van der Waals surface area contributed by atoms with Crippen molar-refractivity contribution in [2.45, 2.75) is 0 Å². The maximum absolute atomic E-state index is 10.5. The van der Waals surface area contributed by atoms with Crippen molar-refractivity contribution in [3.8, 4) is 0 Å². The lowest BCUT2D eigenvalue weighted by Gasteiger charge is -2.09. The van der Waals surface area contributed by atoms with Gasteiger partial charge in [-0.05, 0) is 0 Å². The van der Waals surface area contributed by atoms with Crippen molar-refractivity contribution in [2.24, 2.45) is 5.84 Å². The van der Waals surface area contributed by atoms with E-state index in [1.807, 2.05) is 0 Å². The number of nitrogens with two attached hydrogens (primary N) is 1. The van der Waals surface area contributed by atoms with Gasteiger partial charge in [-0.1, -0.05) is 6.58 Å². The average molecular weight is 146 g/mol. The average Bonchev–Trinajstić information content (AvgIpc) is 1.98. The molecule has 0 aromatic heterocycles. The summed E-state index contributed by atoms with van der Waals surface area (Å²) in [4.78, 5) is 10.5. The summed E-state index contributed by atoms with van der Waals surface area (Å²) in [5.41, 5.74) is 0. The number of hydrogen-bond acceptors (Lipinski definition) is 4. The van der Waals surface area contributed by atoms with E-state index < -0.39 is 6.09 Å². The summed E-state index contributed by atoms with van der Waals surface area (Å²) >= 11 is 0. The molecule has 3 N–H and O–H groups in total. The Balaban J connectivity index is 3.51. The third kappa shape index (κ3) is 3.06. The number of ether oxygens (including phenoxy) is 1. The number of hydrazine groups is 1. The normalized spacial score (nSPS) is 8.60. The van der Waals surface area contributed by atoms with Gasteiger partial charge in [0.2, 0.25) is 0 Å². The van der Waals surface area contributed by atoms with Gasteiger partial charge in [-0.25, -0.2) is 15.6 Å². The van der Waals surface area contributed by atoms with Gasteiger partial charge in [0.1, 0.15) is 6.61 Å². The van der Waals surface area contributed by atoms with E-state index in [9.17, 15) is 4.79 Å². The van der Waals surface area contributed by atoms with Crippen molar-refractivity contribution in [2.75, 3.05) is 13.2 Å². The molecule has 0 aliphatic rings. The van der Waals surface area contributed by atoms with Gasteiger partial charge in [0, 0.05) is 6.20 Å². The fourth-order valence-corrected chi connectivity index (χ4v) is 0.282. The summed E-state index contributed by atoms with van der Waals surface area (Å²) in [5, 5.41) is 8.90. The van der Waals surface area contributed by atoms with Gasteiger partial charge in [0.05, 0.1) is 6.61 Å². The minimum Gasteiger partial charge on any atom is -0.446 e. The zero-order valence-corrected chi connectivity index (χ0v) is 5.49. The SMILES string of the molecule is C=CN(N)C(=O)OCCO. The molecule has 0 unspecified atom stereocenters. The topological polar surface area (TPSA) is 75.8 Å². The van der Waals surface area contributed by atoms with Crippen molar-refractivity contribution < 1.29 is 14.6 Å². The maximum Gasteiger partial charge on any atom is 0.428 e. The minimum absolute atomic E-state index is 0.0552. The predicted octanol–water partition coefficient (Wildman–Crippen LogP) is -0.565. The maximum atomic E-state index is 10.5. The molecule has 0 bridgehead atoms. The van der Waals surface area contributed by atoms with Crippen LogP contribution in [-0.4, -0.2) is 29.4 Å². The summed E-state index contributed by atoms with van der Waals surface area (Å²) < 4.78 is 4.38. The van der Waals surface area contributed by atoms with E-state index >= 15 is 0 Å². The fourth-order valence-electron chi connectivity index (χ4n) is 0.282. The van der Waals surface area contributed by atoms with Crippen LogP contribution in [0, 0.1) is 0 Å². The van der Waals surface area contributed by atoms with Gasteiger partial charge in [0.15, 0.2) is 0 Å². The van der Waals surface area contributed by atoms with Crippen LogP contribution in [0.4, 0.5) is 4.79 Å². The highest BCUT2D eigenvalue weighted by molar-refractivity contribution is 5.67. The molecule has 5 heteroatoms. The Morgan fingerprint density at radius 2 is 2.50 bits per heavy atom. The Labute approximate surface area is 58.6 Å². The zero-order chi connectivity index (χ0) is 7.98. The van der Waals surface area contributed by atoms with Gasteiger partial charge in [0.25, 0.3) is 0 Å². The third-order valence-electron chi connectivity index (χ3n) is 0.724. The smallest absolute Gasteiger partial charge is 0.428 e. The van der Waals surface area contributed by atoms with Crippen molar-refractivity contribution in [3.63, 3.8) is 0 Å². The lowest BCUT2D eigenvalue weighted by atomic mass is 10.8. The van der Waals surface area contributed by atoms with Crippen LogP contribution in [-0.2, 0) is 4.74 Å². The van der Waals surface area contributed by atoms with Gasteiger partial charge in [-0.3, -0.25) is 0 Å². The number of amides is 1. The van der Waals surface area contributed by atoms with Crippen LogP contribution in [0.1, 0.15) is 0 Å². The molecule has 0 radical (unpaired) electrons. The summed E-state index contributed by atoms with van der Waals surface area (Å²) in [6.45, 7) is 2.96. The fraction of sp³-hybridized carbons (Fsp3) is 0.400. The van der Waals surface area contributed by atoms with Gasteiger partial charge < -0.3 is 9.84 Å². The first-order chi connectivity index (χ1) is 4.72. The molecule has 0 rings (SSSR count). The van der Waals surface area contributed by atoms with Crippen LogP contribution in [0.25, 0.3) is 0 Å². The highest BCUT2D eigenvalue weighted by Gasteiger charge is 2.04. The van der Waals surface area contributed by atoms with Crippen molar-refractivity contribution in [1.29, 1.82) is 0 Å². The second-order valence-corrected chi connectivity index (χ2v) is 1.43. The molecular formula is C5H10N2O3. The molecule has 58 valence electrons. The van der Waals surface area contributed by atoms with Gasteiger partial charge in [-0.15, -0.1) is 0 Å². The Hall–Kier alpha value is -1.07. The number of hydrogen-bond donors (Lipinski definition) is 2. The molecule has 0 aliphatic heterocycles. The summed E-state index contributed by atoms with van der Waals surface area (Å²) in [6.07, 6.45) is 0.378. The number of carbonyl (C=O) groups excluding carboxylic acids is 1. The second-order valence-electron chi connectivity index (χ2n) is 1.43. The minimum atomic E-state index is -0.732. The third-order valence-corrected chi connectivity index (χ3v) is 0.724. The van der Waals surface area contributed by atoms with E-state index in [1.165, 1.54) is 0 Å². The molecule has 0 saturated carbocycles. The number of aliphatic hydroxyl groups is 1. The molecule has 5 nitrogen and oxygen atoms in total. The van der Waals surface area contributed by atoms with E-state index in [2.05, 4.69) is 11.3 Å². The Kier molecular flexibility index (Phi) is 4.26. The highest BCUT2D eigenvalue weighted by Crippen LogP contribution is 1.85. The van der Waals surface area contributed by atoms with Crippen LogP contribution in [0.2, 0.25) is 0 Å². The quantitative estimate of drug-likeness (QED) is 0.318. The monoisotopic (exact) mass is 146 g/mol. The first-order valence-electron chi connectivity index (χ1n) is 2.66. The van der Waals surface area contributed by atoms with E-state index in [-0.39, 0.29) is 13.2 Å². The lowest BCUT2D eigenvalue weighted by molar-refractivity contribution is 0.0960. The predicted molar refractivity (Wildman–Crippen MR) is 34.7 cm³/mol. The largest absolute Gasteiger partial charge is 0.446 e. The van der Waals surface area contributed by atoms with Crippen LogP contribution >= 0.6 is 0 Å². The number of rotatable bonds is 3. The molecule has 0 atom stereocenters. The van der Waals surface area contributed by atoms with Crippen molar-refractivity contribution in [1.82, 2.24) is 5.01 Å². The van der Waals surface area contributed by atoms with Crippen molar-refractivity contribution in [3.05, 3.63) is 12.8 Å². The van der Waals surface area contributed by atoms with Gasteiger partial charge >= 0.3 is 6.09 Å². The number of aliphatic hydroxyl groups excluding tert-OH is 1. The molecule has 0 fully saturated rings. The summed E-state index contributed by atoms with van der Waals surface area (Å²) in [6, 6.07) is 0. The molecule has 0 saturated heterocycles. The first-order valence-corrected chi connectivity index (χ1v) is 2.66. The van der Waals surface area contributed by atoms with E-state index in [4.69, 9.17) is 10.9 Å². The Morgan fingerprint density at radius 3 is 2.90 bits per heavy atom. The molecule has 0 heterocycles. The Bertz CT molecular complexity index is 126. The molecule has 0 spiro atoms. The lowest BCUT2D eigenvalue weighted by Crippen LogP contribution is -2.33. The van der Waals surface area contributed by atoms with Crippen molar-refractivity contribution >= 4 is 6.09 Å². The second kappa shape index (κ2) is 4.78. The molecule has 0 aromatic rings. The highest BCUT2D eigenvalue weighted by atomic mass is 16.6. The molecule has 0 aliphatic carbocycles. The summed E-state index contributed by atoms with van der Waals surface area (Å²) in [5.74, 6) is 5.02. The molecular weight excluding hydrogens is 136 g/mol. The zero-order valence-electron chi connectivity index (χ0n) is 5.49. The van der Waals surface area contributed by atoms with Crippen LogP contribution in [0.5, 0.6) is 0 Å². The van der Waals surface area contributed by atoms with Crippen LogP contribution in [0.3, 0.4) is 0 Å². The van der Waals surface area contributed by atoms with Crippen LogP contribution < -0.4 is 5.84 Å². The standard InChI is InChI=1S/C5H10N2O3/c1-2-7(6)5(9)10-4-3-8/h2,8H,1,3-4,6H2. The van der Waals surface area contributed by atoms with E-state index in [0.717, 1.165) is 6.20 Å². The molecule has 0 aromatic carbocycles. The molecule has 1 amide bonds. The number of nitrogens with zero attached hydrogens (tertiary/aromatic N) is 1. The first kappa shape index (κ1) is 8.93. The Morgan fingerprint density at radius 1 is 1.90 bits per heavy atom. The van der Waals surface area contributed by atoms with Gasteiger partial charge in [-0.2, -0.15) is 0 Å². The van der Waals surface area contributed by atoms with Crippen LogP contribution in [0.15, 0.2) is 12.8 Å². The summed E-state index contributed by atoms with van der Waals surface area (Å²) in [7, 11) is 0. The number of carbonyl (C=O) groups is 1. The van der Waals surface area contributed by atoms with E-state index in [0.29, 0.717) is 5.01 Å². The van der Waals surface area contributed by atoms with E-state index in [1.54, 1.807) is 0 Å². The molecule has 10 heavy (non-hydrogen) atoms.